The number of rotatable bonds is 41. The Bertz CT molecular complexity index is 843. The van der Waals surface area contributed by atoms with Gasteiger partial charge in [-0.25, -0.2) is 0 Å². The number of aliphatic hydroxyl groups excluding tert-OH is 4. The lowest BCUT2D eigenvalue weighted by molar-refractivity contribution is -0.132. The van der Waals surface area contributed by atoms with Gasteiger partial charge in [-0.15, -0.1) is 0 Å². The fourth-order valence-corrected chi connectivity index (χ4v) is 6.97. The van der Waals surface area contributed by atoms with Crippen LogP contribution >= 0.6 is 0 Å². The van der Waals surface area contributed by atoms with Crippen molar-refractivity contribution in [1.82, 2.24) is 5.32 Å². The Morgan fingerprint density at radius 1 is 0.472 bits per heavy atom. The SMILES string of the molecule is CC/C=C/CC/C=C/CC/C=C/CCCC(O)C(O)C(CO)NC(=O)C(O)CCCCCCCCCCCCCCCCCCCCCCCCCC. The van der Waals surface area contributed by atoms with Crippen molar-refractivity contribution in [3.63, 3.8) is 0 Å². The Labute approximate surface area is 328 Å². The molecular weight excluding hydrogens is 659 g/mol. The van der Waals surface area contributed by atoms with E-state index in [1.54, 1.807) is 0 Å². The second-order valence-corrected chi connectivity index (χ2v) is 15.7. The summed E-state index contributed by atoms with van der Waals surface area (Å²) in [7, 11) is 0. The molecular formula is C47H89NO5. The van der Waals surface area contributed by atoms with Crippen LogP contribution in [0.15, 0.2) is 36.5 Å². The molecule has 0 saturated carbocycles. The minimum Gasteiger partial charge on any atom is -0.394 e. The maximum Gasteiger partial charge on any atom is 0.249 e. The van der Waals surface area contributed by atoms with Crippen molar-refractivity contribution in [2.45, 2.75) is 250 Å². The molecule has 0 aliphatic carbocycles. The summed E-state index contributed by atoms with van der Waals surface area (Å²) in [5.74, 6) is -0.598. The molecule has 53 heavy (non-hydrogen) atoms. The normalized spacial score (nSPS) is 14.5. The second-order valence-electron chi connectivity index (χ2n) is 15.7. The van der Waals surface area contributed by atoms with Crippen molar-refractivity contribution in [1.29, 1.82) is 0 Å². The summed E-state index contributed by atoms with van der Waals surface area (Å²) in [6, 6.07) is -1.01. The lowest BCUT2D eigenvalue weighted by atomic mass is 10.00. The van der Waals surface area contributed by atoms with Crippen LogP contribution in [-0.4, -0.2) is 57.3 Å². The van der Waals surface area contributed by atoms with Crippen LogP contribution in [0.3, 0.4) is 0 Å². The fraction of sp³-hybridized carbons (Fsp3) is 0.851. The first-order chi connectivity index (χ1) is 26.0. The number of amides is 1. The van der Waals surface area contributed by atoms with Crippen molar-refractivity contribution in [2.75, 3.05) is 6.61 Å². The van der Waals surface area contributed by atoms with Gasteiger partial charge in [-0.1, -0.05) is 204 Å². The van der Waals surface area contributed by atoms with Gasteiger partial charge in [0.05, 0.1) is 18.8 Å². The minimum atomic E-state index is -1.29. The van der Waals surface area contributed by atoms with Gasteiger partial charge in [0.1, 0.15) is 12.2 Å². The van der Waals surface area contributed by atoms with E-state index in [1.165, 1.54) is 135 Å². The van der Waals surface area contributed by atoms with Crippen molar-refractivity contribution in [2.24, 2.45) is 0 Å². The second kappa shape index (κ2) is 41.7. The zero-order valence-electron chi connectivity index (χ0n) is 35.0. The van der Waals surface area contributed by atoms with E-state index >= 15 is 0 Å². The molecule has 1 amide bonds. The molecule has 0 aromatic rings. The highest BCUT2D eigenvalue weighted by atomic mass is 16.3. The Kier molecular flexibility index (Phi) is 40.5. The highest BCUT2D eigenvalue weighted by Crippen LogP contribution is 2.16. The molecule has 0 heterocycles. The number of nitrogens with one attached hydrogen (secondary N) is 1. The zero-order chi connectivity index (χ0) is 38.9. The molecule has 0 fully saturated rings. The van der Waals surface area contributed by atoms with Crippen LogP contribution in [0.1, 0.15) is 226 Å². The van der Waals surface area contributed by atoms with Gasteiger partial charge in [0.15, 0.2) is 0 Å². The third kappa shape index (κ3) is 36.0. The Hall–Kier alpha value is -1.47. The van der Waals surface area contributed by atoms with Gasteiger partial charge in [0, 0.05) is 0 Å². The van der Waals surface area contributed by atoms with Crippen molar-refractivity contribution in [3.8, 4) is 0 Å². The summed E-state index contributed by atoms with van der Waals surface area (Å²) in [5, 5.41) is 43.6. The predicted molar refractivity (Wildman–Crippen MR) is 228 cm³/mol. The number of aliphatic hydroxyl groups is 4. The van der Waals surface area contributed by atoms with Crippen LogP contribution in [0.5, 0.6) is 0 Å². The van der Waals surface area contributed by atoms with Gasteiger partial charge in [-0.2, -0.15) is 0 Å². The van der Waals surface area contributed by atoms with Crippen LogP contribution in [-0.2, 0) is 4.79 Å². The molecule has 5 N–H and O–H groups in total. The molecule has 0 saturated heterocycles. The lowest BCUT2D eigenvalue weighted by Crippen LogP contribution is -2.53. The van der Waals surface area contributed by atoms with E-state index < -0.39 is 36.9 Å². The third-order valence-corrected chi connectivity index (χ3v) is 10.6. The Morgan fingerprint density at radius 3 is 1.21 bits per heavy atom. The van der Waals surface area contributed by atoms with Crippen LogP contribution in [0, 0.1) is 0 Å². The average molecular weight is 748 g/mol. The van der Waals surface area contributed by atoms with Gasteiger partial charge < -0.3 is 25.7 Å². The first-order valence-electron chi connectivity index (χ1n) is 22.9. The smallest absolute Gasteiger partial charge is 0.249 e. The molecule has 0 spiro atoms. The summed E-state index contributed by atoms with van der Waals surface area (Å²) in [6.07, 6.45) is 49.1. The van der Waals surface area contributed by atoms with Crippen molar-refractivity contribution in [3.05, 3.63) is 36.5 Å². The first-order valence-corrected chi connectivity index (χ1v) is 22.9. The van der Waals surface area contributed by atoms with Crippen LogP contribution in [0.2, 0.25) is 0 Å². The molecule has 6 nitrogen and oxygen atoms in total. The van der Waals surface area contributed by atoms with E-state index in [1.807, 2.05) is 0 Å². The highest BCUT2D eigenvalue weighted by molar-refractivity contribution is 5.80. The quantitative estimate of drug-likeness (QED) is 0.0316. The first kappa shape index (κ1) is 51.5. The number of allylic oxidation sites excluding steroid dienone is 6. The monoisotopic (exact) mass is 748 g/mol. The van der Waals surface area contributed by atoms with E-state index in [2.05, 4.69) is 55.6 Å². The summed E-state index contributed by atoms with van der Waals surface area (Å²) in [4.78, 5) is 12.5. The molecule has 0 aliphatic rings. The van der Waals surface area contributed by atoms with Crippen molar-refractivity contribution < 1.29 is 25.2 Å². The average Bonchev–Trinajstić information content (AvgIpc) is 3.16. The van der Waals surface area contributed by atoms with Gasteiger partial charge >= 0.3 is 0 Å². The molecule has 0 aromatic carbocycles. The molecule has 6 heteroatoms. The predicted octanol–water partition coefficient (Wildman–Crippen LogP) is 12.1. The number of unbranched alkanes of at least 4 members (excludes halogenated alkanes) is 26. The van der Waals surface area contributed by atoms with Gasteiger partial charge in [-0.3, -0.25) is 4.79 Å². The number of carbonyl (C=O) groups excluding carboxylic acids is 1. The zero-order valence-corrected chi connectivity index (χ0v) is 35.0. The Morgan fingerprint density at radius 2 is 0.830 bits per heavy atom. The molecule has 0 bridgehead atoms. The third-order valence-electron chi connectivity index (χ3n) is 10.6. The van der Waals surface area contributed by atoms with Gasteiger partial charge in [0.25, 0.3) is 0 Å². The fourth-order valence-electron chi connectivity index (χ4n) is 6.97. The van der Waals surface area contributed by atoms with Gasteiger partial charge in [0.2, 0.25) is 5.91 Å². The summed E-state index contributed by atoms with van der Waals surface area (Å²) >= 11 is 0. The van der Waals surface area contributed by atoms with E-state index in [0.29, 0.717) is 19.3 Å². The van der Waals surface area contributed by atoms with Crippen molar-refractivity contribution >= 4 is 5.91 Å². The molecule has 0 radical (unpaired) electrons. The maximum absolute atomic E-state index is 12.5. The number of carbonyl (C=O) groups is 1. The largest absolute Gasteiger partial charge is 0.394 e. The van der Waals surface area contributed by atoms with E-state index in [4.69, 9.17) is 0 Å². The highest BCUT2D eigenvalue weighted by Gasteiger charge is 2.28. The number of hydrogen-bond acceptors (Lipinski definition) is 5. The van der Waals surface area contributed by atoms with Crippen LogP contribution in [0.25, 0.3) is 0 Å². The summed E-state index contributed by atoms with van der Waals surface area (Å²) < 4.78 is 0. The molecule has 4 unspecified atom stereocenters. The lowest BCUT2D eigenvalue weighted by Gasteiger charge is -2.27. The summed E-state index contributed by atoms with van der Waals surface area (Å²) in [5.41, 5.74) is 0. The minimum absolute atomic E-state index is 0.361. The van der Waals surface area contributed by atoms with E-state index in [0.717, 1.165) is 57.8 Å². The molecule has 0 aliphatic heterocycles. The van der Waals surface area contributed by atoms with Gasteiger partial charge in [-0.05, 0) is 57.8 Å². The standard InChI is InChI=1S/C47H89NO5/c1-3-5-7-9-11-13-15-17-18-19-20-21-22-23-24-25-26-27-29-31-33-35-37-39-41-45(51)47(53)48-43(42-49)46(52)44(50)40-38-36-34-32-30-28-16-14-12-10-8-6-4-2/h6,8,14,16,32,34,43-46,49-52H,3-5,7,9-13,15,17-31,33,35-42H2,1-2H3,(H,48,53)/b8-6+,16-14+,34-32+. The molecule has 0 aromatic heterocycles. The van der Waals surface area contributed by atoms with E-state index in [-0.39, 0.29) is 0 Å². The molecule has 312 valence electrons. The molecule has 4 atom stereocenters. The topological polar surface area (TPSA) is 110 Å². The van der Waals surface area contributed by atoms with Crippen LogP contribution < -0.4 is 5.32 Å². The molecule has 0 rings (SSSR count). The van der Waals surface area contributed by atoms with E-state index in [9.17, 15) is 25.2 Å². The number of hydrogen-bond donors (Lipinski definition) is 5. The summed E-state index contributed by atoms with van der Waals surface area (Å²) in [6.45, 7) is 3.93. The Balaban J connectivity index is 3.69. The maximum atomic E-state index is 12.5. The van der Waals surface area contributed by atoms with Crippen LogP contribution in [0.4, 0.5) is 0 Å².